The molecule has 2 aliphatic heterocycles. The fraction of sp³-hybridized carbons (Fsp3) is 0.370. The van der Waals surface area contributed by atoms with Crippen molar-refractivity contribution in [1.29, 1.82) is 0 Å². The largest absolute Gasteiger partial charge is 0.458 e. The molecule has 0 radical (unpaired) electrons. The molecule has 8 nitrogen and oxygen atoms in total. The Balaban J connectivity index is 1.49. The molecule has 2 aliphatic rings. The maximum Gasteiger partial charge on any atom is 0.319 e. The number of fused-ring (bicyclic) bond motifs is 4. The number of hydrogen-bond acceptors (Lipinski definition) is 8. The minimum Gasteiger partial charge on any atom is -0.458 e. The highest BCUT2D eigenvalue weighted by molar-refractivity contribution is 6.36. The van der Waals surface area contributed by atoms with Crippen LogP contribution in [-0.4, -0.2) is 64.7 Å². The summed E-state index contributed by atoms with van der Waals surface area (Å²) in [5.41, 5.74) is 0.833. The molecule has 2 saturated heterocycles. The van der Waals surface area contributed by atoms with Gasteiger partial charge in [0.05, 0.1) is 5.39 Å². The van der Waals surface area contributed by atoms with Gasteiger partial charge in [-0.25, -0.2) is 4.39 Å². The van der Waals surface area contributed by atoms with Crippen LogP contribution in [-0.2, 0) is 4.74 Å². The first-order chi connectivity index (χ1) is 18.0. The standard InChI is InChI=1S/C27H27ClFN5O3/c1-2-36-21(35)14-37-27-32-25-19(26(33-27)34-12-16-9-10-17(13-34)31-16)11-30-24(23(25)29)18-7-3-5-15-6-4-8-20(28)22(15)18/h3-8,11,16-17,21,31,35H,2,9-10,12-14H2,1H3. The number of hydrogen-bond donors (Lipinski definition) is 2. The maximum atomic E-state index is 16.3. The first kappa shape index (κ1) is 24.2. The first-order valence-corrected chi connectivity index (χ1v) is 12.9. The Labute approximate surface area is 218 Å². The number of aliphatic hydroxyl groups excluding tert-OH is 1. The molecule has 0 saturated carbocycles. The van der Waals surface area contributed by atoms with Gasteiger partial charge in [-0.3, -0.25) is 4.98 Å². The predicted molar refractivity (Wildman–Crippen MR) is 141 cm³/mol. The molecule has 0 spiro atoms. The molecule has 3 atom stereocenters. The van der Waals surface area contributed by atoms with Crippen molar-refractivity contribution in [3.05, 3.63) is 53.4 Å². The van der Waals surface area contributed by atoms with E-state index in [2.05, 4.69) is 25.2 Å². The summed E-state index contributed by atoms with van der Waals surface area (Å²) in [6.45, 7) is 3.41. The predicted octanol–water partition coefficient (Wildman–Crippen LogP) is 4.31. The van der Waals surface area contributed by atoms with Crippen LogP contribution in [0, 0.1) is 5.82 Å². The monoisotopic (exact) mass is 523 g/mol. The van der Waals surface area contributed by atoms with Gasteiger partial charge in [-0.05, 0) is 31.2 Å². The van der Waals surface area contributed by atoms with Gasteiger partial charge in [0.25, 0.3) is 0 Å². The summed E-state index contributed by atoms with van der Waals surface area (Å²) in [7, 11) is 0. The molecule has 0 amide bonds. The van der Waals surface area contributed by atoms with Crippen LogP contribution in [0.2, 0.25) is 5.02 Å². The Morgan fingerprint density at radius 1 is 1.16 bits per heavy atom. The van der Waals surface area contributed by atoms with Crippen LogP contribution in [0.1, 0.15) is 19.8 Å². The Kier molecular flexibility index (Phi) is 6.54. The van der Waals surface area contributed by atoms with E-state index >= 15 is 4.39 Å². The molecule has 10 heteroatoms. The second-order valence-corrected chi connectivity index (χ2v) is 9.83. The molecule has 2 fully saturated rings. The number of piperazine rings is 1. The van der Waals surface area contributed by atoms with Gasteiger partial charge in [-0.1, -0.05) is 41.9 Å². The SMILES string of the molecule is CCOC(O)COc1nc(N2CC3CCC(C2)N3)c2cnc(-c3cccc4cccc(Cl)c34)c(F)c2n1. The van der Waals surface area contributed by atoms with Crippen LogP contribution in [0.3, 0.4) is 0 Å². The second-order valence-electron chi connectivity index (χ2n) is 9.42. The van der Waals surface area contributed by atoms with Gasteiger partial charge in [0.1, 0.15) is 23.6 Å². The number of rotatable bonds is 7. The van der Waals surface area contributed by atoms with Gasteiger partial charge >= 0.3 is 6.01 Å². The number of nitrogens with zero attached hydrogens (tertiary/aromatic N) is 4. The fourth-order valence-electron chi connectivity index (χ4n) is 5.36. The smallest absolute Gasteiger partial charge is 0.319 e. The first-order valence-electron chi connectivity index (χ1n) is 12.5. The molecule has 2 bridgehead atoms. The van der Waals surface area contributed by atoms with Gasteiger partial charge in [-0.2, -0.15) is 9.97 Å². The maximum absolute atomic E-state index is 16.3. The van der Waals surface area contributed by atoms with E-state index in [1.165, 1.54) is 0 Å². The van der Waals surface area contributed by atoms with Gasteiger partial charge in [0.2, 0.25) is 0 Å². The third-order valence-electron chi connectivity index (χ3n) is 6.98. The summed E-state index contributed by atoms with van der Waals surface area (Å²) in [6, 6.07) is 11.8. The highest BCUT2D eigenvalue weighted by Gasteiger charge is 2.34. The summed E-state index contributed by atoms with van der Waals surface area (Å²) < 4.78 is 27.1. The average molecular weight is 524 g/mol. The van der Waals surface area contributed by atoms with Crippen LogP contribution in [0.25, 0.3) is 32.9 Å². The lowest BCUT2D eigenvalue weighted by Crippen LogP contribution is -2.51. The fourth-order valence-corrected chi connectivity index (χ4v) is 5.65. The van der Waals surface area contributed by atoms with E-state index < -0.39 is 12.1 Å². The minimum atomic E-state index is -1.14. The molecular formula is C27H27ClFN5O3. The number of anilines is 1. The van der Waals surface area contributed by atoms with E-state index in [-0.39, 0.29) is 23.8 Å². The Morgan fingerprint density at radius 3 is 2.68 bits per heavy atom. The zero-order valence-corrected chi connectivity index (χ0v) is 21.1. The van der Waals surface area contributed by atoms with Crippen LogP contribution in [0.5, 0.6) is 6.01 Å². The van der Waals surface area contributed by atoms with Crippen molar-refractivity contribution in [1.82, 2.24) is 20.3 Å². The van der Waals surface area contributed by atoms with Crippen molar-refractivity contribution in [3.8, 4) is 17.3 Å². The van der Waals surface area contributed by atoms with Crippen molar-refractivity contribution >= 4 is 39.1 Å². The van der Waals surface area contributed by atoms with Crippen molar-refractivity contribution < 1.29 is 19.0 Å². The van der Waals surface area contributed by atoms with E-state index in [9.17, 15) is 5.11 Å². The van der Waals surface area contributed by atoms with Gasteiger partial charge < -0.3 is 24.8 Å². The number of aromatic nitrogens is 3. The summed E-state index contributed by atoms with van der Waals surface area (Å²) in [5, 5.41) is 16.2. The highest BCUT2D eigenvalue weighted by Crippen LogP contribution is 2.38. The van der Waals surface area contributed by atoms with Crippen LogP contribution in [0.15, 0.2) is 42.6 Å². The van der Waals surface area contributed by atoms with Gasteiger partial charge in [-0.15, -0.1) is 0 Å². The molecule has 6 rings (SSSR count). The third kappa shape index (κ3) is 4.57. The number of ether oxygens (including phenoxy) is 2. The molecule has 2 aromatic carbocycles. The van der Waals surface area contributed by atoms with Crippen LogP contribution < -0.4 is 15.0 Å². The van der Waals surface area contributed by atoms with E-state index in [0.29, 0.717) is 40.5 Å². The minimum absolute atomic E-state index is 0.0286. The molecule has 192 valence electrons. The highest BCUT2D eigenvalue weighted by atomic mass is 35.5. The number of nitrogens with one attached hydrogen (secondary N) is 1. The molecule has 3 unspecified atom stereocenters. The van der Waals surface area contributed by atoms with E-state index in [1.807, 2.05) is 24.3 Å². The molecule has 0 aliphatic carbocycles. The number of pyridine rings is 1. The van der Waals surface area contributed by atoms with Crippen molar-refractivity contribution in [2.45, 2.75) is 38.1 Å². The zero-order valence-electron chi connectivity index (χ0n) is 20.3. The molecule has 4 aromatic rings. The molecular weight excluding hydrogens is 497 g/mol. The van der Waals surface area contributed by atoms with Crippen LogP contribution >= 0.6 is 11.6 Å². The zero-order chi connectivity index (χ0) is 25.5. The van der Waals surface area contributed by atoms with Gasteiger partial charge in [0.15, 0.2) is 12.1 Å². The van der Waals surface area contributed by atoms with Gasteiger partial charge in [0, 0.05) is 53.9 Å². The van der Waals surface area contributed by atoms with Crippen molar-refractivity contribution in [3.63, 3.8) is 0 Å². The third-order valence-corrected chi connectivity index (χ3v) is 7.30. The second kappa shape index (κ2) is 9.98. The van der Waals surface area contributed by atoms with E-state index in [4.69, 9.17) is 21.1 Å². The van der Waals surface area contributed by atoms with Crippen LogP contribution in [0.4, 0.5) is 10.2 Å². The number of aliphatic hydroxyl groups is 1. The molecule has 2 aromatic heterocycles. The Morgan fingerprint density at radius 2 is 1.92 bits per heavy atom. The topological polar surface area (TPSA) is 92.6 Å². The average Bonchev–Trinajstić information content (AvgIpc) is 3.24. The summed E-state index contributed by atoms with van der Waals surface area (Å²) in [6.07, 6.45) is 2.67. The lowest BCUT2D eigenvalue weighted by molar-refractivity contribution is -0.116. The summed E-state index contributed by atoms with van der Waals surface area (Å²) >= 11 is 6.52. The van der Waals surface area contributed by atoms with Crippen molar-refractivity contribution in [2.24, 2.45) is 0 Å². The van der Waals surface area contributed by atoms with E-state index in [1.54, 1.807) is 25.3 Å². The number of halogens is 2. The summed E-state index contributed by atoms with van der Waals surface area (Å²) in [4.78, 5) is 15.7. The molecule has 4 heterocycles. The summed E-state index contributed by atoms with van der Waals surface area (Å²) in [5.74, 6) is -0.0138. The Bertz CT molecular complexity index is 1450. The lowest BCUT2D eigenvalue weighted by atomic mass is 10.0. The molecule has 37 heavy (non-hydrogen) atoms. The normalized spacial score (nSPS) is 20.1. The number of benzene rings is 2. The lowest BCUT2D eigenvalue weighted by Gasteiger charge is -2.34. The molecule has 2 N–H and O–H groups in total. The van der Waals surface area contributed by atoms with Crippen molar-refractivity contribution in [2.75, 3.05) is 31.2 Å². The van der Waals surface area contributed by atoms with E-state index in [0.717, 1.165) is 36.7 Å². The Hall–Kier alpha value is -3.11. The quantitative estimate of drug-likeness (QED) is 0.346.